The summed E-state index contributed by atoms with van der Waals surface area (Å²) in [5.74, 6) is 0.185. The van der Waals surface area contributed by atoms with E-state index in [4.69, 9.17) is 4.74 Å². The van der Waals surface area contributed by atoms with Crippen molar-refractivity contribution in [1.82, 2.24) is 5.32 Å². The van der Waals surface area contributed by atoms with E-state index in [9.17, 15) is 9.59 Å². The van der Waals surface area contributed by atoms with Gasteiger partial charge in [-0.3, -0.25) is 9.59 Å². The van der Waals surface area contributed by atoms with Gasteiger partial charge in [-0.25, -0.2) is 0 Å². The summed E-state index contributed by atoms with van der Waals surface area (Å²) in [4.78, 5) is 24.5. The molecular weight excluding hydrogens is 336 g/mol. The van der Waals surface area contributed by atoms with E-state index >= 15 is 0 Å². The fourth-order valence-corrected chi connectivity index (χ4v) is 3.31. The van der Waals surface area contributed by atoms with Gasteiger partial charge in [0.15, 0.2) is 6.61 Å². The second-order valence-corrected chi connectivity index (χ2v) is 6.46. The second-order valence-electron chi connectivity index (χ2n) is 5.37. The van der Waals surface area contributed by atoms with E-state index in [1.807, 2.05) is 37.3 Å². The van der Waals surface area contributed by atoms with Crippen LogP contribution in [0.4, 0.5) is 5.69 Å². The maximum absolute atomic E-state index is 12.4. The summed E-state index contributed by atoms with van der Waals surface area (Å²) in [7, 11) is 0. The fraction of sp³-hybridized carbons (Fsp3) is 0.158. The lowest BCUT2D eigenvalue weighted by Crippen LogP contribution is -2.28. The molecule has 0 aliphatic carbocycles. The van der Waals surface area contributed by atoms with E-state index in [0.717, 1.165) is 10.1 Å². The van der Waals surface area contributed by atoms with Crippen LogP contribution in [0, 0.1) is 0 Å². The smallest absolute Gasteiger partial charge is 0.265 e. The first kappa shape index (κ1) is 17.0. The van der Waals surface area contributed by atoms with Crippen molar-refractivity contribution in [2.24, 2.45) is 0 Å². The molecule has 1 aromatic heterocycles. The SMILES string of the molecule is CCNC(=O)COc1cccc(NC(=O)c2cc3ccccc3s2)c1. The average Bonchev–Trinajstić information content (AvgIpc) is 3.05. The van der Waals surface area contributed by atoms with Crippen molar-refractivity contribution in [3.8, 4) is 5.75 Å². The highest BCUT2D eigenvalue weighted by Gasteiger charge is 2.11. The van der Waals surface area contributed by atoms with Gasteiger partial charge in [0.2, 0.25) is 0 Å². The molecule has 0 saturated carbocycles. The molecule has 3 rings (SSSR count). The van der Waals surface area contributed by atoms with Crippen LogP contribution in [-0.2, 0) is 4.79 Å². The number of hydrogen-bond donors (Lipinski definition) is 2. The molecular formula is C19H18N2O3S. The Morgan fingerprint density at radius 2 is 1.92 bits per heavy atom. The van der Waals surface area contributed by atoms with Crippen molar-refractivity contribution in [2.45, 2.75) is 6.92 Å². The molecule has 0 atom stereocenters. The maximum Gasteiger partial charge on any atom is 0.265 e. The highest BCUT2D eigenvalue weighted by atomic mass is 32.1. The van der Waals surface area contributed by atoms with Crippen molar-refractivity contribution < 1.29 is 14.3 Å². The Labute approximate surface area is 149 Å². The maximum atomic E-state index is 12.4. The normalized spacial score (nSPS) is 10.4. The minimum absolute atomic E-state index is 0.0540. The van der Waals surface area contributed by atoms with Crippen LogP contribution < -0.4 is 15.4 Å². The van der Waals surface area contributed by atoms with E-state index in [1.54, 1.807) is 24.3 Å². The lowest BCUT2D eigenvalue weighted by Gasteiger charge is -2.08. The third-order valence-corrected chi connectivity index (χ3v) is 4.60. The highest BCUT2D eigenvalue weighted by molar-refractivity contribution is 7.20. The summed E-state index contributed by atoms with van der Waals surface area (Å²) < 4.78 is 6.51. The lowest BCUT2D eigenvalue weighted by atomic mass is 10.2. The molecule has 0 radical (unpaired) electrons. The number of fused-ring (bicyclic) bond motifs is 1. The first-order valence-corrected chi connectivity index (χ1v) is 8.77. The molecule has 6 heteroatoms. The van der Waals surface area contributed by atoms with Gasteiger partial charge in [0.05, 0.1) is 4.88 Å². The topological polar surface area (TPSA) is 67.4 Å². The zero-order chi connectivity index (χ0) is 17.6. The molecule has 2 N–H and O–H groups in total. The summed E-state index contributed by atoms with van der Waals surface area (Å²) in [5, 5.41) is 6.58. The second kappa shape index (κ2) is 7.81. The predicted octanol–water partition coefficient (Wildman–Crippen LogP) is 3.67. The van der Waals surface area contributed by atoms with Gasteiger partial charge in [-0.2, -0.15) is 0 Å². The third-order valence-electron chi connectivity index (χ3n) is 3.49. The first-order chi connectivity index (χ1) is 12.2. The Bertz CT molecular complexity index is 871. The van der Waals surface area contributed by atoms with Gasteiger partial charge in [0, 0.05) is 23.0 Å². The molecule has 0 bridgehead atoms. The number of carbonyl (C=O) groups excluding carboxylic acids is 2. The van der Waals surface area contributed by atoms with E-state index in [0.29, 0.717) is 22.9 Å². The molecule has 0 aliphatic heterocycles. The zero-order valence-corrected chi connectivity index (χ0v) is 14.6. The van der Waals surface area contributed by atoms with Crippen LogP contribution in [0.5, 0.6) is 5.75 Å². The fourth-order valence-electron chi connectivity index (χ4n) is 2.35. The van der Waals surface area contributed by atoms with Crippen LogP contribution in [0.15, 0.2) is 54.6 Å². The Balaban J connectivity index is 1.66. The molecule has 0 spiro atoms. The summed E-state index contributed by atoms with van der Waals surface area (Å²) in [5.41, 5.74) is 0.621. The van der Waals surface area contributed by atoms with E-state index < -0.39 is 0 Å². The van der Waals surface area contributed by atoms with Crippen LogP contribution in [0.25, 0.3) is 10.1 Å². The Morgan fingerprint density at radius 3 is 2.72 bits per heavy atom. The zero-order valence-electron chi connectivity index (χ0n) is 13.7. The van der Waals surface area contributed by atoms with Gasteiger partial charge >= 0.3 is 0 Å². The number of carbonyl (C=O) groups is 2. The van der Waals surface area contributed by atoms with Gasteiger partial charge in [-0.1, -0.05) is 24.3 Å². The Hall–Kier alpha value is -2.86. The molecule has 5 nitrogen and oxygen atoms in total. The number of rotatable bonds is 6. The van der Waals surface area contributed by atoms with Crippen molar-refractivity contribution in [2.75, 3.05) is 18.5 Å². The number of hydrogen-bond acceptors (Lipinski definition) is 4. The summed E-state index contributed by atoms with van der Waals surface area (Å²) in [6, 6.07) is 16.8. The van der Waals surface area contributed by atoms with Crippen LogP contribution in [0.2, 0.25) is 0 Å². The molecule has 0 aliphatic rings. The molecule has 0 fully saturated rings. The Kier molecular flexibility index (Phi) is 5.30. The van der Waals surface area contributed by atoms with E-state index in [-0.39, 0.29) is 18.4 Å². The Morgan fingerprint density at radius 1 is 1.08 bits per heavy atom. The number of likely N-dealkylation sites (N-methyl/N-ethyl adjacent to an activating group) is 1. The number of anilines is 1. The van der Waals surface area contributed by atoms with Crippen molar-refractivity contribution in [1.29, 1.82) is 0 Å². The minimum atomic E-state index is -0.179. The van der Waals surface area contributed by atoms with Crippen molar-refractivity contribution in [3.05, 3.63) is 59.5 Å². The predicted molar refractivity (Wildman–Crippen MR) is 100 cm³/mol. The number of benzene rings is 2. The molecule has 2 aromatic carbocycles. The van der Waals surface area contributed by atoms with Gasteiger partial charge in [0.25, 0.3) is 11.8 Å². The first-order valence-electron chi connectivity index (χ1n) is 7.95. The van der Waals surface area contributed by atoms with E-state index in [2.05, 4.69) is 10.6 Å². The van der Waals surface area contributed by atoms with Crippen molar-refractivity contribution >= 4 is 38.9 Å². The number of thiophene rings is 1. The van der Waals surface area contributed by atoms with Gasteiger partial charge in [-0.15, -0.1) is 11.3 Å². The lowest BCUT2D eigenvalue weighted by molar-refractivity contribution is -0.122. The average molecular weight is 354 g/mol. The molecule has 0 saturated heterocycles. The van der Waals surface area contributed by atoms with Crippen LogP contribution in [0.3, 0.4) is 0 Å². The van der Waals surface area contributed by atoms with Crippen molar-refractivity contribution in [3.63, 3.8) is 0 Å². The molecule has 1 heterocycles. The van der Waals surface area contributed by atoms with Crippen LogP contribution in [-0.4, -0.2) is 25.0 Å². The molecule has 2 amide bonds. The molecule has 128 valence electrons. The standard InChI is InChI=1S/C19H18N2O3S/c1-2-20-18(22)12-24-15-8-5-7-14(11-15)21-19(23)17-10-13-6-3-4-9-16(13)25-17/h3-11H,2,12H2,1H3,(H,20,22)(H,21,23). The van der Waals surface area contributed by atoms with Gasteiger partial charge in [-0.05, 0) is 36.6 Å². The summed E-state index contributed by atoms with van der Waals surface area (Å²) in [6.07, 6.45) is 0. The molecule has 25 heavy (non-hydrogen) atoms. The van der Waals surface area contributed by atoms with Gasteiger partial charge < -0.3 is 15.4 Å². The number of nitrogens with one attached hydrogen (secondary N) is 2. The quantitative estimate of drug-likeness (QED) is 0.710. The molecule has 0 unspecified atom stereocenters. The van der Waals surface area contributed by atoms with Gasteiger partial charge in [0.1, 0.15) is 5.75 Å². The number of ether oxygens (including phenoxy) is 1. The minimum Gasteiger partial charge on any atom is -0.484 e. The molecule has 3 aromatic rings. The third kappa shape index (κ3) is 4.36. The summed E-state index contributed by atoms with van der Waals surface area (Å²) >= 11 is 1.45. The van der Waals surface area contributed by atoms with Crippen LogP contribution >= 0.6 is 11.3 Å². The van der Waals surface area contributed by atoms with Crippen LogP contribution in [0.1, 0.15) is 16.6 Å². The summed E-state index contributed by atoms with van der Waals surface area (Å²) in [6.45, 7) is 2.36. The highest BCUT2D eigenvalue weighted by Crippen LogP contribution is 2.26. The van der Waals surface area contributed by atoms with E-state index in [1.165, 1.54) is 11.3 Å². The largest absolute Gasteiger partial charge is 0.484 e. The monoisotopic (exact) mass is 354 g/mol. The number of amides is 2.